The summed E-state index contributed by atoms with van der Waals surface area (Å²) in [4.78, 5) is 15.6. The second-order valence-corrected chi connectivity index (χ2v) is 7.01. The molecule has 0 saturated heterocycles. The summed E-state index contributed by atoms with van der Waals surface area (Å²) >= 11 is 6.00. The maximum Gasteiger partial charge on any atom is 0.251 e. The van der Waals surface area contributed by atoms with Gasteiger partial charge in [0.25, 0.3) is 5.56 Å². The molecule has 3 rings (SSSR count). The largest absolute Gasteiger partial charge is 0.496 e. The van der Waals surface area contributed by atoms with Gasteiger partial charge < -0.3 is 9.72 Å². The van der Waals surface area contributed by atoms with Gasteiger partial charge in [0, 0.05) is 28.1 Å². The van der Waals surface area contributed by atoms with Gasteiger partial charge in [0.1, 0.15) is 5.75 Å². The Morgan fingerprint density at radius 1 is 1.26 bits per heavy atom. The number of methoxy groups -OCH3 is 1. The van der Waals surface area contributed by atoms with Gasteiger partial charge in [0.15, 0.2) is 0 Å². The van der Waals surface area contributed by atoms with Crippen LogP contribution in [0.15, 0.2) is 35.1 Å². The Labute approximate surface area is 141 Å². The summed E-state index contributed by atoms with van der Waals surface area (Å²) in [6.45, 7) is 4.29. The van der Waals surface area contributed by atoms with Crippen LogP contribution in [0.1, 0.15) is 42.7 Å². The molecule has 0 atom stereocenters. The fourth-order valence-corrected chi connectivity index (χ4v) is 3.23. The van der Waals surface area contributed by atoms with Crippen LogP contribution in [0.2, 0.25) is 5.02 Å². The number of ether oxygens (including phenoxy) is 1. The van der Waals surface area contributed by atoms with E-state index < -0.39 is 0 Å². The van der Waals surface area contributed by atoms with Gasteiger partial charge in [0.2, 0.25) is 0 Å². The highest BCUT2D eigenvalue weighted by Gasteiger charge is 2.26. The number of nitrogens with one attached hydrogen (secondary N) is 1. The van der Waals surface area contributed by atoms with E-state index >= 15 is 0 Å². The van der Waals surface area contributed by atoms with Gasteiger partial charge in [-0.3, -0.25) is 4.79 Å². The number of aromatic amines is 1. The average Bonchev–Trinajstić information content (AvgIpc) is 2.50. The average molecular weight is 330 g/mol. The summed E-state index contributed by atoms with van der Waals surface area (Å²) in [5, 5.41) is 0.620. The molecule has 0 saturated carbocycles. The fraction of sp³-hybridized carbons (Fsp3) is 0.316. The summed E-state index contributed by atoms with van der Waals surface area (Å²) in [6.07, 6.45) is 5.68. The molecule has 1 aromatic heterocycles. The zero-order valence-corrected chi connectivity index (χ0v) is 14.3. The number of pyridine rings is 1. The van der Waals surface area contributed by atoms with Crippen molar-refractivity contribution in [1.82, 2.24) is 4.98 Å². The lowest BCUT2D eigenvalue weighted by Crippen LogP contribution is -2.27. The number of benzene rings is 1. The molecule has 1 aromatic carbocycles. The number of H-pyrrole nitrogens is 1. The molecule has 2 aromatic rings. The third-order valence-corrected chi connectivity index (χ3v) is 4.62. The molecule has 0 bridgehead atoms. The third-order valence-electron chi connectivity index (χ3n) is 4.38. The zero-order valence-electron chi connectivity index (χ0n) is 13.6. The molecule has 0 spiro atoms. The molecule has 1 N–H and O–H groups in total. The van der Waals surface area contributed by atoms with Crippen molar-refractivity contribution in [3.63, 3.8) is 0 Å². The van der Waals surface area contributed by atoms with Crippen LogP contribution in [0.3, 0.4) is 0 Å². The molecule has 0 aliphatic heterocycles. The van der Waals surface area contributed by atoms with Crippen molar-refractivity contribution in [2.45, 2.75) is 32.1 Å². The molecule has 1 aliphatic carbocycles. The summed E-state index contributed by atoms with van der Waals surface area (Å²) < 4.78 is 5.37. The second kappa shape index (κ2) is 5.89. The highest BCUT2D eigenvalue weighted by atomic mass is 35.5. The SMILES string of the molecule is COc1cc(Cl)ccc1Cc1cc2c([nH]c1=O)C(C)(C)CC=C2. The number of allylic oxidation sites excluding steroid dienone is 1. The smallest absolute Gasteiger partial charge is 0.251 e. The predicted molar refractivity (Wildman–Crippen MR) is 94.5 cm³/mol. The van der Waals surface area contributed by atoms with Crippen molar-refractivity contribution in [1.29, 1.82) is 0 Å². The van der Waals surface area contributed by atoms with Crippen molar-refractivity contribution in [2.24, 2.45) is 0 Å². The quantitative estimate of drug-likeness (QED) is 0.911. The van der Waals surface area contributed by atoms with Gasteiger partial charge in [-0.15, -0.1) is 0 Å². The molecule has 0 amide bonds. The number of rotatable bonds is 3. The second-order valence-electron chi connectivity index (χ2n) is 6.58. The fourth-order valence-electron chi connectivity index (χ4n) is 3.07. The van der Waals surface area contributed by atoms with Crippen molar-refractivity contribution >= 4 is 17.7 Å². The molecule has 1 aliphatic rings. The standard InChI is InChI=1S/C19H20ClNO2/c1-19(2)8-4-5-13-10-14(18(22)21-17(13)19)9-12-6-7-15(20)11-16(12)23-3/h4-7,10-11H,8-9H2,1-3H3,(H,21,22). The first-order valence-electron chi connectivity index (χ1n) is 7.66. The van der Waals surface area contributed by atoms with Gasteiger partial charge in [-0.1, -0.05) is 43.7 Å². The van der Waals surface area contributed by atoms with Crippen LogP contribution in [0.25, 0.3) is 6.08 Å². The van der Waals surface area contributed by atoms with Crippen molar-refractivity contribution < 1.29 is 4.74 Å². The Morgan fingerprint density at radius 2 is 2.04 bits per heavy atom. The lowest BCUT2D eigenvalue weighted by atomic mass is 9.79. The molecule has 120 valence electrons. The van der Waals surface area contributed by atoms with E-state index in [1.165, 1.54) is 0 Å². The van der Waals surface area contributed by atoms with Crippen LogP contribution in [0.5, 0.6) is 5.75 Å². The molecular weight excluding hydrogens is 310 g/mol. The van der Waals surface area contributed by atoms with Gasteiger partial charge in [-0.25, -0.2) is 0 Å². The molecular formula is C19H20ClNO2. The van der Waals surface area contributed by atoms with E-state index in [9.17, 15) is 4.79 Å². The van der Waals surface area contributed by atoms with E-state index in [2.05, 4.69) is 31.0 Å². The lowest BCUT2D eigenvalue weighted by Gasteiger charge is -2.28. The van der Waals surface area contributed by atoms with E-state index in [1.54, 1.807) is 13.2 Å². The first-order chi connectivity index (χ1) is 10.9. The van der Waals surface area contributed by atoms with E-state index in [0.717, 1.165) is 28.8 Å². The molecule has 0 radical (unpaired) electrons. The van der Waals surface area contributed by atoms with E-state index in [1.807, 2.05) is 18.2 Å². The summed E-state index contributed by atoms with van der Waals surface area (Å²) in [5.41, 5.74) is 3.69. The van der Waals surface area contributed by atoms with Gasteiger partial charge >= 0.3 is 0 Å². The van der Waals surface area contributed by atoms with Gasteiger partial charge in [0.05, 0.1) is 7.11 Å². The molecule has 0 unspecified atom stereocenters. The highest BCUT2D eigenvalue weighted by molar-refractivity contribution is 6.30. The zero-order chi connectivity index (χ0) is 16.6. The van der Waals surface area contributed by atoms with Crippen LogP contribution in [-0.4, -0.2) is 12.1 Å². The van der Waals surface area contributed by atoms with E-state index in [0.29, 0.717) is 17.2 Å². The number of fused-ring (bicyclic) bond motifs is 1. The molecule has 23 heavy (non-hydrogen) atoms. The van der Waals surface area contributed by atoms with Crippen LogP contribution in [0, 0.1) is 0 Å². The molecule has 3 nitrogen and oxygen atoms in total. The Hall–Kier alpha value is -2.00. The van der Waals surface area contributed by atoms with Crippen molar-refractivity contribution in [3.05, 3.63) is 68.1 Å². The van der Waals surface area contributed by atoms with Gasteiger partial charge in [-0.2, -0.15) is 0 Å². The van der Waals surface area contributed by atoms with Crippen LogP contribution < -0.4 is 10.3 Å². The predicted octanol–water partition coefficient (Wildman–Crippen LogP) is 4.32. The van der Waals surface area contributed by atoms with Gasteiger partial charge in [-0.05, 0) is 35.7 Å². The van der Waals surface area contributed by atoms with E-state index in [-0.39, 0.29) is 11.0 Å². The van der Waals surface area contributed by atoms with Crippen LogP contribution >= 0.6 is 11.6 Å². The molecule has 1 heterocycles. The summed E-state index contributed by atoms with van der Waals surface area (Å²) in [7, 11) is 1.61. The summed E-state index contributed by atoms with van der Waals surface area (Å²) in [6, 6.07) is 7.47. The Balaban J connectivity index is 2.03. The maximum atomic E-state index is 12.5. The number of hydrogen-bond acceptors (Lipinski definition) is 2. The number of halogens is 1. The van der Waals surface area contributed by atoms with Crippen LogP contribution in [0.4, 0.5) is 0 Å². The minimum Gasteiger partial charge on any atom is -0.496 e. The van der Waals surface area contributed by atoms with Crippen molar-refractivity contribution in [2.75, 3.05) is 7.11 Å². The minimum absolute atomic E-state index is 0.0378. The highest BCUT2D eigenvalue weighted by Crippen LogP contribution is 2.33. The Kier molecular flexibility index (Phi) is 4.07. The first kappa shape index (κ1) is 15.9. The Bertz CT molecular complexity index is 834. The number of hydrogen-bond donors (Lipinski definition) is 1. The van der Waals surface area contributed by atoms with E-state index in [4.69, 9.17) is 16.3 Å². The Morgan fingerprint density at radius 3 is 2.78 bits per heavy atom. The molecule has 4 heteroatoms. The molecule has 0 fully saturated rings. The monoisotopic (exact) mass is 329 g/mol. The number of aromatic nitrogens is 1. The normalized spacial score (nSPS) is 15.3. The minimum atomic E-state index is -0.0419. The maximum absolute atomic E-state index is 12.5. The lowest BCUT2D eigenvalue weighted by molar-refractivity contribution is 0.410. The third kappa shape index (κ3) is 3.06. The van der Waals surface area contributed by atoms with Crippen LogP contribution in [-0.2, 0) is 11.8 Å². The summed E-state index contributed by atoms with van der Waals surface area (Å²) in [5.74, 6) is 0.700. The first-order valence-corrected chi connectivity index (χ1v) is 8.04. The topological polar surface area (TPSA) is 42.1 Å². The van der Waals surface area contributed by atoms with Crippen molar-refractivity contribution in [3.8, 4) is 5.75 Å².